The molecule has 2 aromatic heterocycles. The molecule has 138 valence electrons. The van der Waals surface area contributed by atoms with Crippen molar-refractivity contribution in [3.05, 3.63) is 45.5 Å². The predicted molar refractivity (Wildman–Crippen MR) is 101 cm³/mol. The van der Waals surface area contributed by atoms with E-state index in [1.807, 2.05) is 0 Å². The zero-order chi connectivity index (χ0) is 17.9. The molecule has 2 amide bonds. The number of carbonyl (C=O) groups excluding carboxylic acids is 2. The van der Waals surface area contributed by atoms with E-state index in [1.54, 1.807) is 28.4 Å². The summed E-state index contributed by atoms with van der Waals surface area (Å²) in [4.78, 5) is 29.0. The van der Waals surface area contributed by atoms with Crippen molar-refractivity contribution >= 4 is 23.2 Å². The number of hydrogen-bond donors (Lipinski definition) is 1. The Labute approximate surface area is 157 Å². The van der Waals surface area contributed by atoms with E-state index in [1.165, 1.54) is 36.0 Å². The molecule has 0 atom stereocenters. The monoisotopic (exact) mass is 372 g/mol. The van der Waals surface area contributed by atoms with E-state index in [0.717, 1.165) is 30.6 Å². The third-order valence-corrected chi connectivity index (χ3v) is 6.56. The summed E-state index contributed by atoms with van der Waals surface area (Å²) >= 11 is 1.66. The summed E-state index contributed by atoms with van der Waals surface area (Å²) in [7, 11) is 0. The molecule has 0 aromatic carbocycles. The van der Waals surface area contributed by atoms with Crippen LogP contribution in [0.5, 0.6) is 0 Å². The van der Waals surface area contributed by atoms with Gasteiger partial charge in [-0.15, -0.1) is 11.3 Å². The van der Waals surface area contributed by atoms with E-state index in [0.29, 0.717) is 18.8 Å². The fourth-order valence-electron chi connectivity index (χ4n) is 3.82. The maximum Gasteiger partial charge on any atom is 0.289 e. The summed E-state index contributed by atoms with van der Waals surface area (Å²) in [5, 5.41) is 3.16. The van der Waals surface area contributed by atoms with Crippen LogP contribution in [0, 0.1) is 0 Å². The maximum absolute atomic E-state index is 12.6. The normalized spacial score (nSPS) is 18.2. The first-order chi connectivity index (χ1) is 12.7. The van der Waals surface area contributed by atoms with Crippen molar-refractivity contribution in [1.82, 2.24) is 10.2 Å². The van der Waals surface area contributed by atoms with Crippen LogP contribution in [0.3, 0.4) is 0 Å². The van der Waals surface area contributed by atoms with Gasteiger partial charge in [-0.25, -0.2) is 0 Å². The molecule has 0 saturated carbocycles. The van der Waals surface area contributed by atoms with Gasteiger partial charge in [0.2, 0.25) is 0 Å². The van der Waals surface area contributed by atoms with Gasteiger partial charge in [0.05, 0.1) is 11.1 Å². The Morgan fingerprint density at radius 2 is 1.96 bits per heavy atom. The SMILES string of the molecule is O=C(NC1CCN(C(=O)c2ccco2)CC1)c1cc2c(s1)CCCCC2. The van der Waals surface area contributed by atoms with Crippen LogP contribution in [-0.4, -0.2) is 35.8 Å². The van der Waals surface area contributed by atoms with Crippen LogP contribution >= 0.6 is 11.3 Å². The van der Waals surface area contributed by atoms with E-state index in [-0.39, 0.29) is 17.9 Å². The zero-order valence-corrected chi connectivity index (χ0v) is 15.6. The van der Waals surface area contributed by atoms with Gasteiger partial charge in [-0.05, 0) is 62.3 Å². The molecule has 1 aliphatic carbocycles. The van der Waals surface area contributed by atoms with Crippen LogP contribution in [0.2, 0.25) is 0 Å². The van der Waals surface area contributed by atoms with Gasteiger partial charge in [-0.3, -0.25) is 9.59 Å². The lowest BCUT2D eigenvalue weighted by molar-refractivity contribution is 0.0667. The molecular formula is C20H24N2O3S. The molecule has 2 aliphatic rings. The average molecular weight is 372 g/mol. The summed E-state index contributed by atoms with van der Waals surface area (Å²) in [6.07, 6.45) is 9.05. The van der Waals surface area contributed by atoms with Gasteiger partial charge in [-0.2, -0.15) is 0 Å². The number of carbonyl (C=O) groups is 2. The highest BCUT2D eigenvalue weighted by Gasteiger charge is 2.26. The van der Waals surface area contributed by atoms with Crippen LogP contribution in [-0.2, 0) is 12.8 Å². The van der Waals surface area contributed by atoms with Crippen LogP contribution in [0.4, 0.5) is 0 Å². The standard InChI is InChI=1S/C20H24N2O3S/c23-19(18-13-14-5-2-1-3-7-17(14)26-18)21-15-8-10-22(11-9-15)20(24)16-6-4-12-25-16/h4,6,12-13,15H,1-3,5,7-11H2,(H,21,23). The van der Waals surface area contributed by atoms with Gasteiger partial charge in [-0.1, -0.05) is 6.42 Å². The third-order valence-electron chi connectivity index (χ3n) is 5.32. The van der Waals surface area contributed by atoms with E-state index < -0.39 is 0 Å². The first kappa shape index (κ1) is 17.3. The molecule has 1 saturated heterocycles. The third kappa shape index (κ3) is 3.70. The van der Waals surface area contributed by atoms with Gasteiger partial charge >= 0.3 is 0 Å². The van der Waals surface area contributed by atoms with E-state index >= 15 is 0 Å². The molecule has 0 unspecified atom stereocenters. The fourth-order valence-corrected chi connectivity index (χ4v) is 4.98. The second-order valence-electron chi connectivity index (χ2n) is 7.14. The summed E-state index contributed by atoms with van der Waals surface area (Å²) < 4.78 is 5.19. The molecule has 1 N–H and O–H groups in total. The van der Waals surface area contributed by atoms with Crippen LogP contribution in [0.25, 0.3) is 0 Å². The van der Waals surface area contributed by atoms with Gasteiger partial charge in [0.25, 0.3) is 11.8 Å². The summed E-state index contributed by atoms with van der Waals surface area (Å²) in [6, 6.07) is 5.64. The number of likely N-dealkylation sites (tertiary alicyclic amines) is 1. The average Bonchev–Trinajstić information content (AvgIpc) is 3.28. The summed E-state index contributed by atoms with van der Waals surface area (Å²) in [5.41, 5.74) is 1.37. The number of rotatable bonds is 3. The lowest BCUT2D eigenvalue weighted by atomic mass is 10.0. The highest BCUT2D eigenvalue weighted by Crippen LogP contribution is 2.29. The number of thiophene rings is 1. The molecule has 1 aliphatic heterocycles. The highest BCUT2D eigenvalue weighted by atomic mass is 32.1. The van der Waals surface area contributed by atoms with Crippen LogP contribution in [0.15, 0.2) is 28.9 Å². The van der Waals surface area contributed by atoms with Gasteiger partial charge in [0, 0.05) is 24.0 Å². The number of hydrogen-bond acceptors (Lipinski definition) is 4. The smallest absolute Gasteiger partial charge is 0.289 e. The first-order valence-corrected chi connectivity index (χ1v) is 10.3. The number of amides is 2. The number of nitrogens with zero attached hydrogens (tertiary/aromatic N) is 1. The van der Waals surface area contributed by atoms with Crippen molar-refractivity contribution in [1.29, 1.82) is 0 Å². The zero-order valence-electron chi connectivity index (χ0n) is 14.8. The predicted octanol–water partition coefficient (Wildman–Crippen LogP) is 3.64. The number of piperidine rings is 1. The number of fused-ring (bicyclic) bond motifs is 1. The summed E-state index contributed by atoms with van der Waals surface area (Å²) in [5.74, 6) is 0.355. The lowest BCUT2D eigenvalue weighted by Crippen LogP contribution is -2.46. The molecule has 26 heavy (non-hydrogen) atoms. The number of aryl methyl sites for hydroxylation is 2. The van der Waals surface area contributed by atoms with E-state index in [9.17, 15) is 9.59 Å². The second-order valence-corrected chi connectivity index (χ2v) is 8.27. The Hall–Kier alpha value is -2.08. The largest absolute Gasteiger partial charge is 0.459 e. The van der Waals surface area contributed by atoms with E-state index in [4.69, 9.17) is 4.42 Å². The van der Waals surface area contributed by atoms with Crippen molar-refractivity contribution in [3.8, 4) is 0 Å². The van der Waals surface area contributed by atoms with Gasteiger partial charge in [0.1, 0.15) is 0 Å². The Balaban J connectivity index is 1.31. The lowest BCUT2D eigenvalue weighted by Gasteiger charge is -2.31. The van der Waals surface area contributed by atoms with Crippen molar-refractivity contribution in [3.63, 3.8) is 0 Å². The molecule has 5 nitrogen and oxygen atoms in total. The van der Waals surface area contributed by atoms with Crippen molar-refractivity contribution in [2.75, 3.05) is 13.1 Å². The topological polar surface area (TPSA) is 62.6 Å². The molecule has 4 rings (SSSR count). The molecule has 0 spiro atoms. The molecular weight excluding hydrogens is 348 g/mol. The molecule has 3 heterocycles. The molecule has 1 fully saturated rings. The molecule has 0 radical (unpaired) electrons. The second kappa shape index (κ2) is 7.66. The Morgan fingerprint density at radius 1 is 1.15 bits per heavy atom. The van der Waals surface area contributed by atoms with Gasteiger partial charge in [0.15, 0.2) is 5.76 Å². The number of nitrogens with one attached hydrogen (secondary N) is 1. The fraction of sp³-hybridized carbons (Fsp3) is 0.500. The minimum Gasteiger partial charge on any atom is -0.459 e. The molecule has 0 bridgehead atoms. The minimum absolute atomic E-state index is 0.0406. The maximum atomic E-state index is 12.6. The number of furan rings is 1. The van der Waals surface area contributed by atoms with Gasteiger partial charge < -0.3 is 14.6 Å². The Bertz CT molecular complexity index is 750. The Kier molecular flexibility index (Phi) is 5.11. The Morgan fingerprint density at radius 3 is 2.73 bits per heavy atom. The van der Waals surface area contributed by atoms with Crippen molar-refractivity contribution < 1.29 is 14.0 Å². The molecule has 2 aromatic rings. The summed E-state index contributed by atoms with van der Waals surface area (Å²) in [6.45, 7) is 1.29. The van der Waals surface area contributed by atoms with E-state index in [2.05, 4.69) is 11.4 Å². The highest BCUT2D eigenvalue weighted by molar-refractivity contribution is 7.14. The molecule has 6 heteroatoms. The van der Waals surface area contributed by atoms with Crippen LogP contribution < -0.4 is 5.32 Å². The van der Waals surface area contributed by atoms with Crippen LogP contribution in [0.1, 0.15) is 62.8 Å². The minimum atomic E-state index is -0.0678. The van der Waals surface area contributed by atoms with Crippen molar-refractivity contribution in [2.24, 2.45) is 0 Å². The quantitative estimate of drug-likeness (QED) is 0.837. The first-order valence-electron chi connectivity index (χ1n) is 9.46. The van der Waals surface area contributed by atoms with Crippen molar-refractivity contribution in [2.45, 2.75) is 51.0 Å².